The number of rotatable bonds is 5. The molecule has 0 radical (unpaired) electrons. The van der Waals surface area contributed by atoms with Crippen LogP contribution in [0.5, 0.6) is 0 Å². The highest BCUT2D eigenvalue weighted by Crippen LogP contribution is 2.27. The van der Waals surface area contributed by atoms with Gasteiger partial charge in [0.15, 0.2) is 0 Å². The molecule has 1 saturated heterocycles. The lowest BCUT2D eigenvalue weighted by Gasteiger charge is -2.14. The molecule has 19 heavy (non-hydrogen) atoms. The van der Waals surface area contributed by atoms with E-state index in [-0.39, 0.29) is 10.6 Å². The number of nitro groups is 1. The number of hydrogen-bond donors (Lipinski definition) is 1. The zero-order valence-electron chi connectivity index (χ0n) is 10.9. The fourth-order valence-electron chi connectivity index (χ4n) is 2.43. The van der Waals surface area contributed by atoms with Gasteiger partial charge in [0.05, 0.1) is 4.92 Å². The number of anilines is 1. The summed E-state index contributed by atoms with van der Waals surface area (Å²) in [6.45, 7) is 6.27. The summed E-state index contributed by atoms with van der Waals surface area (Å²) in [6.07, 6.45) is 1.17. The van der Waals surface area contributed by atoms with E-state index in [9.17, 15) is 10.1 Å². The second-order valence-corrected chi connectivity index (χ2v) is 6.09. The largest absolute Gasteiger partial charge is 0.379 e. The lowest BCUT2D eigenvalue weighted by molar-refractivity contribution is -0.384. The molecule has 5 nitrogen and oxygen atoms in total. The molecule has 1 aliphatic rings. The summed E-state index contributed by atoms with van der Waals surface area (Å²) < 4.78 is 0.882. The van der Waals surface area contributed by atoms with Crippen LogP contribution in [0.2, 0.25) is 0 Å². The Bertz CT molecular complexity index is 467. The standard InChI is InChI=1S/C13H18IN3O2/c1-2-16-6-5-10(9-16)8-15-12-4-3-11(14)7-13(12)17(18)19/h3-4,7,10,15H,2,5-6,8-9H2,1H3. The van der Waals surface area contributed by atoms with Crippen molar-refractivity contribution in [3.05, 3.63) is 31.9 Å². The SMILES string of the molecule is CCN1CCC(CNc2ccc(I)cc2[N+](=O)[O-])C1. The van der Waals surface area contributed by atoms with E-state index in [1.54, 1.807) is 12.1 Å². The molecule has 1 N–H and O–H groups in total. The van der Waals surface area contributed by atoms with Gasteiger partial charge in [-0.15, -0.1) is 0 Å². The maximum atomic E-state index is 11.0. The number of nitrogens with one attached hydrogen (secondary N) is 1. The summed E-state index contributed by atoms with van der Waals surface area (Å²) in [5, 5.41) is 14.3. The van der Waals surface area contributed by atoms with Gasteiger partial charge in [0, 0.05) is 22.7 Å². The molecule has 0 spiro atoms. The number of hydrogen-bond acceptors (Lipinski definition) is 4. The second-order valence-electron chi connectivity index (χ2n) is 4.85. The highest BCUT2D eigenvalue weighted by Gasteiger charge is 2.22. The molecule has 104 valence electrons. The summed E-state index contributed by atoms with van der Waals surface area (Å²) in [5.74, 6) is 0.582. The summed E-state index contributed by atoms with van der Waals surface area (Å²) in [7, 11) is 0. The summed E-state index contributed by atoms with van der Waals surface area (Å²) in [6, 6.07) is 5.30. The second kappa shape index (κ2) is 6.51. The fourth-order valence-corrected chi connectivity index (χ4v) is 2.90. The molecular formula is C13H18IN3O2. The van der Waals surface area contributed by atoms with Crippen LogP contribution in [-0.4, -0.2) is 36.0 Å². The predicted octanol–water partition coefficient (Wildman–Crippen LogP) is 2.95. The Kier molecular flexibility index (Phi) is 4.98. The van der Waals surface area contributed by atoms with Gasteiger partial charge in [-0.1, -0.05) is 6.92 Å². The van der Waals surface area contributed by atoms with Gasteiger partial charge in [0.2, 0.25) is 0 Å². The van der Waals surface area contributed by atoms with E-state index >= 15 is 0 Å². The minimum Gasteiger partial charge on any atom is -0.379 e. The van der Waals surface area contributed by atoms with Crippen LogP contribution in [0.3, 0.4) is 0 Å². The minimum absolute atomic E-state index is 0.164. The molecule has 1 aromatic carbocycles. The Labute approximate surface area is 126 Å². The van der Waals surface area contributed by atoms with E-state index in [4.69, 9.17) is 0 Å². The molecule has 0 amide bonds. The highest BCUT2D eigenvalue weighted by molar-refractivity contribution is 14.1. The molecular weight excluding hydrogens is 357 g/mol. The van der Waals surface area contributed by atoms with Crippen molar-refractivity contribution in [2.24, 2.45) is 5.92 Å². The van der Waals surface area contributed by atoms with Crippen molar-refractivity contribution in [3.63, 3.8) is 0 Å². The summed E-state index contributed by atoms with van der Waals surface area (Å²) in [5.41, 5.74) is 0.789. The molecule has 0 bridgehead atoms. The maximum absolute atomic E-state index is 11.0. The number of benzene rings is 1. The lowest BCUT2D eigenvalue weighted by Crippen LogP contribution is -2.22. The quantitative estimate of drug-likeness (QED) is 0.489. The molecule has 1 unspecified atom stereocenters. The molecule has 2 rings (SSSR count). The van der Waals surface area contributed by atoms with Gasteiger partial charge >= 0.3 is 0 Å². The average molecular weight is 375 g/mol. The van der Waals surface area contributed by atoms with Crippen molar-refractivity contribution in [2.75, 3.05) is 31.5 Å². The monoisotopic (exact) mass is 375 g/mol. The zero-order valence-corrected chi connectivity index (χ0v) is 13.1. The van der Waals surface area contributed by atoms with Crippen LogP contribution < -0.4 is 5.32 Å². The molecule has 1 fully saturated rings. The number of nitrogens with zero attached hydrogens (tertiary/aromatic N) is 2. The Balaban J connectivity index is 1.98. The smallest absolute Gasteiger partial charge is 0.293 e. The number of nitro benzene ring substituents is 1. The van der Waals surface area contributed by atoms with Gasteiger partial charge in [-0.25, -0.2) is 0 Å². The molecule has 0 aromatic heterocycles. The third kappa shape index (κ3) is 3.79. The molecule has 1 heterocycles. The van der Waals surface area contributed by atoms with E-state index < -0.39 is 0 Å². The van der Waals surface area contributed by atoms with Gasteiger partial charge in [-0.3, -0.25) is 10.1 Å². The van der Waals surface area contributed by atoms with Gasteiger partial charge in [-0.05, 0) is 60.2 Å². The van der Waals surface area contributed by atoms with Crippen LogP contribution in [0.4, 0.5) is 11.4 Å². The third-order valence-electron chi connectivity index (χ3n) is 3.55. The van der Waals surface area contributed by atoms with Crippen LogP contribution in [-0.2, 0) is 0 Å². The average Bonchev–Trinajstić information content (AvgIpc) is 2.85. The number of halogens is 1. The van der Waals surface area contributed by atoms with Crippen molar-refractivity contribution >= 4 is 34.0 Å². The summed E-state index contributed by atoms with van der Waals surface area (Å²) in [4.78, 5) is 13.1. The summed E-state index contributed by atoms with van der Waals surface area (Å²) >= 11 is 2.09. The van der Waals surface area contributed by atoms with Crippen molar-refractivity contribution < 1.29 is 4.92 Å². The topological polar surface area (TPSA) is 58.4 Å². The van der Waals surface area contributed by atoms with Gasteiger partial charge < -0.3 is 10.2 Å². The minimum atomic E-state index is -0.322. The normalized spacial score (nSPS) is 19.6. The van der Waals surface area contributed by atoms with Crippen LogP contribution in [0.1, 0.15) is 13.3 Å². The highest BCUT2D eigenvalue weighted by atomic mass is 127. The molecule has 1 aromatic rings. The molecule has 0 aliphatic carbocycles. The van der Waals surface area contributed by atoms with Gasteiger partial charge in [0.25, 0.3) is 5.69 Å². The predicted molar refractivity (Wildman–Crippen MR) is 84.5 cm³/mol. The van der Waals surface area contributed by atoms with Crippen LogP contribution in [0, 0.1) is 19.6 Å². The van der Waals surface area contributed by atoms with E-state index in [2.05, 4.69) is 39.7 Å². The first-order valence-electron chi connectivity index (χ1n) is 6.50. The van der Waals surface area contributed by atoms with E-state index in [1.165, 1.54) is 6.42 Å². The Morgan fingerprint density at radius 2 is 2.37 bits per heavy atom. The van der Waals surface area contributed by atoms with Crippen molar-refractivity contribution in [2.45, 2.75) is 13.3 Å². The molecule has 1 atom stereocenters. The fraction of sp³-hybridized carbons (Fsp3) is 0.538. The molecule has 6 heteroatoms. The zero-order chi connectivity index (χ0) is 13.8. The van der Waals surface area contributed by atoms with E-state index in [0.29, 0.717) is 11.6 Å². The maximum Gasteiger partial charge on any atom is 0.293 e. The van der Waals surface area contributed by atoms with E-state index in [0.717, 1.165) is 29.7 Å². The number of likely N-dealkylation sites (tertiary alicyclic amines) is 1. The van der Waals surface area contributed by atoms with Gasteiger partial charge in [0.1, 0.15) is 5.69 Å². The lowest BCUT2D eigenvalue weighted by atomic mass is 10.1. The van der Waals surface area contributed by atoms with Crippen molar-refractivity contribution in [1.82, 2.24) is 4.90 Å². The Morgan fingerprint density at radius 1 is 1.58 bits per heavy atom. The third-order valence-corrected chi connectivity index (χ3v) is 4.23. The first kappa shape index (κ1) is 14.5. The first-order valence-corrected chi connectivity index (χ1v) is 7.58. The molecule has 0 saturated carbocycles. The van der Waals surface area contributed by atoms with Crippen LogP contribution in [0.25, 0.3) is 0 Å². The Morgan fingerprint density at radius 3 is 3.00 bits per heavy atom. The first-order chi connectivity index (χ1) is 9.10. The van der Waals surface area contributed by atoms with Crippen molar-refractivity contribution in [1.29, 1.82) is 0 Å². The molecule has 1 aliphatic heterocycles. The van der Waals surface area contributed by atoms with Crippen LogP contribution in [0.15, 0.2) is 18.2 Å². The van der Waals surface area contributed by atoms with Crippen molar-refractivity contribution in [3.8, 4) is 0 Å². The van der Waals surface area contributed by atoms with E-state index in [1.807, 2.05) is 6.07 Å². The van der Waals surface area contributed by atoms with Crippen LogP contribution >= 0.6 is 22.6 Å². The van der Waals surface area contributed by atoms with Gasteiger partial charge in [-0.2, -0.15) is 0 Å². The Hall–Kier alpha value is -0.890.